The van der Waals surface area contributed by atoms with E-state index in [1.807, 2.05) is 0 Å². The molecule has 0 saturated carbocycles. The Bertz CT molecular complexity index is 366. The van der Waals surface area contributed by atoms with Crippen LogP contribution in [0.15, 0.2) is 0 Å². The number of carbonyl (C=O) groups excluding carboxylic acids is 1. The molecule has 2 heteroatoms. The second kappa shape index (κ2) is 23.1. The smallest absolute Gasteiger partial charge is 0.231 e. The Morgan fingerprint density at radius 1 is 0.593 bits per heavy atom. The van der Waals surface area contributed by atoms with E-state index in [0.29, 0.717) is 6.42 Å². The number of unbranched alkanes of at least 4 members (excludes halogenated alkanes) is 18. The van der Waals surface area contributed by atoms with Crippen LogP contribution in [-0.4, -0.2) is 5.91 Å². The zero-order chi connectivity index (χ0) is 19.8. The lowest BCUT2D eigenvalue weighted by molar-refractivity contribution is -0.120. The third kappa shape index (κ3) is 23.0. The van der Waals surface area contributed by atoms with Crippen molar-refractivity contribution in [3.8, 4) is 12.0 Å². The number of nitrogens with one attached hydrogen (secondary N) is 1. The molecule has 0 aliphatic heterocycles. The topological polar surface area (TPSA) is 29.1 Å². The van der Waals surface area contributed by atoms with Crippen molar-refractivity contribution >= 4 is 5.91 Å². The molecule has 0 atom stereocenters. The van der Waals surface area contributed by atoms with Gasteiger partial charge >= 0.3 is 0 Å². The second-order valence-corrected chi connectivity index (χ2v) is 8.04. The molecule has 0 radical (unpaired) electrons. The fourth-order valence-electron chi connectivity index (χ4n) is 3.56. The van der Waals surface area contributed by atoms with E-state index < -0.39 is 0 Å². The van der Waals surface area contributed by atoms with Crippen LogP contribution < -0.4 is 5.32 Å². The molecule has 0 aromatic carbocycles. The van der Waals surface area contributed by atoms with Crippen molar-refractivity contribution in [3.05, 3.63) is 0 Å². The van der Waals surface area contributed by atoms with Gasteiger partial charge in [-0.05, 0) is 13.3 Å². The van der Waals surface area contributed by atoms with Gasteiger partial charge in [0.25, 0.3) is 0 Å². The fraction of sp³-hybridized carbons (Fsp3) is 0.880. The first-order valence-corrected chi connectivity index (χ1v) is 12.0. The van der Waals surface area contributed by atoms with Gasteiger partial charge in [0, 0.05) is 12.5 Å². The summed E-state index contributed by atoms with van der Waals surface area (Å²) >= 11 is 0. The molecular weight excluding hydrogens is 330 g/mol. The van der Waals surface area contributed by atoms with E-state index in [0.717, 1.165) is 6.42 Å². The molecule has 0 aromatic heterocycles. The molecular formula is C25H47NO. The predicted molar refractivity (Wildman–Crippen MR) is 120 cm³/mol. The first-order valence-electron chi connectivity index (χ1n) is 12.0. The highest BCUT2D eigenvalue weighted by Crippen LogP contribution is 2.14. The van der Waals surface area contributed by atoms with E-state index in [2.05, 4.69) is 24.2 Å². The standard InChI is InChI=1S/C25H47NO/c1-3-5-6-7-8-9-10-11-12-13-14-15-16-17-18-19-20-21-22-23-25(27)26-24-4-2/h3,5-23H2,1-2H3,(H,26,27). The minimum Gasteiger partial charge on any atom is -0.285 e. The minimum atomic E-state index is 0.0660. The highest BCUT2D eigenvalue weighted by molar-refractivity contribution is 5.77. The van der Waals surface area contributed by atoms with Gasteiger partial charge in [0.1, 0.15) is 0 Å². The molecule has 27 heavy (non-hydrogen) atoms. The van der Waals surface area contributed by atoms with Crippen LogP contribution in [0.3, 0.4) is 0 Å². The Balaban J connectivity index is 3.06. The molecule has 0 rings (SSSR count). The number of amides is 1. The summed E-state index contributed by atoms with van der Waals surface area (Å²) in [6, 6.07) is 2.61. The van der Waals surface area contributed by atoms with Gasteiger partial charge in [-0.15, -0.1) is 0 Å². The normalized spacial score (nSPS) is 10.4. The molecule has 0 fully saturated rings. The lowest BCUT2D eigenvalue weighted by Gasteiger charge is -2.04. The Morgan fingerprint density at radius 2 is 0.926 bits per heavy atom. The van der Waals surface area contributed by atoms with Gasteiger partial charge in [-0.25, -0.2) is 0 Å². The average Bonchev–Trinajstić information content (AvgIpc) is 2.68. The lowest BCUT2D eigenvalue weighted by atomic mass is 10.0. The van der Waals surface area contributed by atoms with Gasteiger partial charge in [-0.1, -0.05) is 128 Å². The highest BCUT2D eigenvalue weighted by atomic mass is 16.1. The summed E-state index contributed by atoms with van der Waals surface area (Å²) in [5.74, 6) is 2.74. The summed E-state index contributed by atoms with van der Waals surface area (Å²) in [5.41, 5.74) is 0. The fourth-order valence-corrected chi connectivity index (χ4v) is 3.56. The summed E-state index contributed by atoms with van der Waals surface area (Å²) in [5, 5.41) is 2.59. The van der Waals surface area contributed by atoms with Crippen molar-refractivity contribution in [2.75, 3.05) is 0 Å². The van der Waals surface area contributed by atoms with Gasteiger partial charge < -0.3 is 0 Å². The van der Waals surface area contributed by atoms with Crippen LogP contribution in [0.25, 0.3) is 0 Å². The second-order valence-electron chi connectivity index (χ2n) is 8.04. The Labute approximate surface area is 170 Å². The van der Waals surface area contributed by atoms with Gasteiger partial charge in [-0.2, -0.15) is 0 Å². The van der Waals surface area contributed by atoms with Crippen molar-refractivity contribution in [2.45, 2.75) is 142 Å². The largest absolute Gasteiger partial charge is 0.285 e. The van der Waals surface area contributed by atoms with E-state index >= 15 is 0 Å². The van der Waals surface area contributed by atoms with E-state index in [1.54, 1.807) is 6.92 Å². The highest BCUT2D eigenvalue weighted by Gasteiger charge is 1.99. The number of carbonyl (C=O) groups is 1. The molecule has 0 aliphatic carbocycles. The summed E-state index contributed by atoms with van der Waals surface area (Å²) in [6.45, 7) is 4.02. The van der Waals surface area contributed by atoms with Crippen LogP contribution >= 0.6 is 0 Å². The molecule has 0 aromatic rings. The first kappa shape index (κ1) is 26.0. The zero-order valence-corrected chi connectivity index (χ0v) is 18.6. The van der Waals surface area contributed by atoms with Crippen LogP contribution in [0.4, 0.5) is 0 Å². The molecule has 158 valence electrons. The summed E-state index contributed by atoms with van der Waals surface area (Å²) in [4.78, 5) is 11.4. The predicted octanol–water partition coefficient (Wildman–Crippen LogP) is 7.91. The van der Waals surface area contributed by atoms with Crippen LogP contribution in [0.2, 0.25) is 0 Å². The monoisotopic (exact) mass is 377 g/mol. The molecule has 1 amide bonds. The van der Waals surface area contributed by atoms with E-state index in [-0.39, 0.29) is 5.91 Å². The van der Waals surface area contributed by atoms with Gasteiger partial charge in [0.05, 0.1) is 0 Å². The van der Waals surface area contributed by atoms with Crippen LogP contribution in [0, 0.1) is 12.0 Å². The van der Waals surface area contributed by atoms with Crippen molar-refractivity contribution in [1.82, 2.24) is 5.32 Å². The third-order valence-corrected chi connectivity index (χ3v) is 5.33. The SMILES string of the molecule is CC#CNC(=O)CCCCCCCCCCCCCCCCCCCCC. The quantitative estimate of drug-likeness (QED) is 0.130. The molecule has 2 nitrogen and oxygen atoms in total. The molecule has 0 aliphatic rings. The third-order valence-electron chi connectivity index (χ3n) is 5.33. The van der Waals surface area contributed by atoms with Crippen LogP contribution in [-0.2, 0) is 4.79 Å². The number of rotatable bonds is 20. The van der Waals surface area contributed by atoms with Crippen molar-refractivity contribution in [1.29, 1.82) is 0 Å². The number of hydrogen-bond donors (Lipinski definition) is 1. The van der Waals surface area contributed by atoms with Gasteiger partial charge in [0.2, 0.25) is 5.91 Å². The maximum Gasteiger partial charge on any atom is 0.231 e. The van der Waals surface area contributed by atoms with Crippen molar-refractivity contribution in [2.24, 2.45) is 0 Å². The summed E-state index contributed by atoms with van der Waals surface area (Å²) in [6.07, 6.45) is 26.8. The van der Waals surface area contributed by atoms with Crippen molar-refractivity contribution < 1.29 is 4.79 Å². The van der Waals surface area contributed by atoms with E-state index in [9.17, 15) is 4.79 Å². The zero-order valence-electron chi connectivity index (χ0n) is 18.6. The van der Waals surface area contributed by atoms with E-state index in [4.69, 9.17) is 0 Å². The Morgan fingerprint density at radius 3 is 1.26 bits per heavy atom. The van der Waals surface area contributed by atoms with Crippen LogP contribution in [0.1, 0.15) is 142 Å². The van der Waals surface area contributed by atoms with E-state index in [1.165, 1.54) is 116 Å². The van der Waals surface area contributed by atoms with Gasteiger partial charge in [0.15, 0.2) is 0 Å². The average molecular weight is 378 g/mol. The Hall–Kier alpha value is -0.970. The Kier molecular flexibility index (Phi) is 22.2. The molecule has 0 spiro atoms. The van der Waals surface area contributed by atoms with Crippen molar-refractivity contribution in [3.63, 3.8) is 0 Å². The van der Waals surface area contributed by atoms with Gasteiger partial charge in [-0.3, -0.25) is 10.1 Å². The molecule has 0 saturated heterocycles. The molecule has 1 N–H and O–H groups in total. The molecule has 0 bridgehead atoms. The summed E-state index contributed by atoms with van der Waals surface area (Å²) < 4.78 is 0. The summed E-state index contributed by atoms with van der Waals surface area (Å²) in [7, 11) is 0. The minimum absolute atomic E-state index is 0.0660. The molecule has 0 unspecified atom stereocenters. The van der Waals surface area contributed by atoms with Crippen LogP contribution in [0.5, 0.6) is 0 Å². The molecule has 0 heterocycles. The number of hydrogen-bond acceptors (Lipinski definition) is 1. The maximum atomic E-state index is 11.4. The lowest BCUT2D eigenvalue weighted by Crippen LogP contribution is -2.16. The first-order chi connectivity index (χ1) is 13.3. The maximum absolute atomic E-state index is 11.4.